The first-order valence-electron chi connectivity index (χ1n) is 10.8. The Morgan fingerprint density at radius 2 is 2.03 bits per heavy atom. The molecule has 0 aliphatic heterocycles. The number of hydrogen-bond donors (Lipinski definition) is 5. The molecule has 10 heteroatoms. The SMILES string of the molecule is CCNCC(C)NC(=O)c1ccc(Nc2ncc(Br)c(Nc3cc(C4CC4)n[nH]3)n2)cc1. The van der Waals surface area contributed by atoms with Crippen molar-refractivity contribution in [2.24, 2.45) is 0 Å². The second-order valence-corrected chi connectivity index (χ2v) is 8.73. The number of H-pyrrole nitrogens is 1. The molecule has 1 aliphatic rings. The van der Waals surface area contributed by atoms with Crippen molar-refractivity contribution in [3.63, 3.8) is 0 Å². The van der Waals surface area contributed by atoms with Crippen LogP contribution >= 0.6 is 15.9 Å². The van der Waals surface area contributed by atoms with Crippen LogP contribution in [0.5, 0.6) is 0 Å². The monoisotopic (exact) mass is 498 g/mol. The normalized spacial score (nSPS) is 14.1. The molecule has 1 unspecified atom stereocenters. The maximum absolute atomic E-state index is 12.4. The molecule has 32 heavy (non-hydrogen) atoms. The van der Waals surface area contributed by atoms with Crippen molar-refractivity contribution >= 4 is 45.1 Å². The summed E-state index contributed by atoms with van der Waals surface area (Å²) < 4.78 is 0.740. The molecule has 1 aromatic carbocycles. The smallest absolute Gasteiger partial charge is 0.251 e. The van der Waals surface area contributed by atoms with Crippen molar-refractivity contribution < 1.29 is 4.79 Å². The van der Waals surface area contributed by atoms with Gasteiger partial charge in [-0.05, 0) is 66.5 Å². The summed E-state index contributed by atoms with van der Waals surface area (Å²) >= 11 is 3.48. The van der Waals surface area contributed by atoms with Gasteiger partial charge in [-0.15, -0.1) is 0 Å². The Balaban J connectivity index is 1.38. The van der Waals surface area contributed by atoms with E-state index in [1.54, 1.807) is 18.3 Å². The van der Waals surface area contributed by atoms with E-state index in [-0.39, 0.29) is 11.9 Å². The van der Waals surface area contributed by atoms with Crippen LogP contribution in [0.25, 0.3) is 0 Å². The summed E-state index contributed by atoms with van der Waals surface area (Å²) in [6.45, 7) is 5.62. The van der Waals surface area contributed by atoms with Gasteiger partial charge in [0, 0.05) is 42.0 Å². The van der Waals surface area contributed by atoms with Gasteiger partial charge in [0.15, 0.2) is 5.82 Å². The Morgan fingerprint density at radius 1 is 1.25 bits per heavy atom. The van der Waals surface area contributed by atoms with Gasteiger partial charge < -0.3 is 21.3 Å². The van der Waals surface area contributed by atoms with Gasteiger partial charge in [0.2, 0.25) is 5.95 Å². The number of aromatic nitrogens is 4. The number of rotatable bonds is 10. The molecule has 0 saturated heterocycles. The lowest BCUT2D eigenvalue weighted by Crippen LogP contribution is -2.39. The predicted octanol–water partition coefficient (Wildman–Crippen LogP) is 4.05. The van der Waals surface area contributed by atoms with Crippen molar-refractivity contribution in [3.05, 3.63) is 52.3 Å². The zero-order chi connectivity index (χ0) is 22.5. The molecular weight excluding hydrogens is 472 g/mol. The fourth-order valence-corrected chi connectivity index (χ4v) is 3.48. The fourth-order valence-electron chi connectivity index (χ4n) is 3.19. The number of carbonyl (C=O) groups excluding carboxylic acids is 1. The number of carbonyl (C=O) groups is 1. The van der Waals surface area contributed by atoms with Crippen LogP contribution in [0, 0.1) is 0 Å². The van der Waals surface area contributed by atoms with Gasteiger partial charge in [-0.25, -0.2) is 4.98 Å². The molecule has 2 heterocycles. The third kappa shape index (κ3) is 5.83. The average Bonchev–Trinajstić information content (AvgIpc) is 3.54. The standard InChI is InChI=1S/C22H27BrN8O/c1-3-24-11-13(2)26-21(32)15-6-8-16(9-7-15)27-22-25-12-17(23)20(29-22)28-19-10-18(30-31-19)14-4-5-14/h6-10,12-14,24H,3-5,11H2,1-2H3,(H,26,32)(H3,25,27,28,29,30,31). The third-order valence-electron chi connectivity index (χ3n) is 5.07. The molecule has 5 N–H and O–H groups in total. The fraction of sp³-hybridized carbons (Fsp3) is 0.364. The summed E-state index contributed by atoms with van der Waals surface area (Å²) in [7, 11) is 0. The second kappa shape index (κ2) is 10.1. The minimum Gasteiger partial charge on any atom is -0.348 e. The highest BCUT2D eigenvalue weighted by molar-refractivity contribution is 9.10. The van der Waals surface area contributed by atoms with Gasteiger partial charge in [-0.3, -0.25) is 9.89 Å². The van der Waals surface area contributed by atoms with Gasteiger partial charge in [0.25, 0.3) is 5.91 Å². The number of likely N-dealkylation sites (N-methyl/N-ethyl adjacent to an activating group) is 1. The lowest BCUT2D eigenvalue weighted by atomic mass is 10.2. The summed E-state index contributed by atoms with van der Waals surface area (Å²) in [5, 5.41) is 20.0. The minimum atomic E-state index is -0.0987. The maximum Gasteiger partial charge on any atom is 0.251 e. The summed E-state index contributed by atoms with van der Waals surface area (Å²) in [6.07, 6.45) is 4.08. The first-order valence-corrected chi connectivity index (χ1v) is 11.5. The number of amides is 1. The third-order valence-corrected chi connectivity index (χ3v) is 5.65. The molecular formula is C22H27BrN8O. The number of halogens is 1. The molecule has 1 aliphatic carbocycles. The predicted molar refractivity (Wildman–Crippen MR) is 129 cm³/mol. The molecule has 0 spiro atoms. The summed E-state index contributed by atoms with van der Waals surface area (Å²) in [5.41, 5.74) is 2.47. The van der Waals surface area contributed by atoms with E-state index in [0.29, 0.717) is 23.2 Å². The number of nitrogens with zero attached hydrogens (tertiary/aromatic N) is 3. The van der Waals surface area contributed by atoms with Gasteiger partial charge in [-0.2, -0.15) is 10.1 Å². The van der Waals surface area contributed by atoms with E-state index in [1.165, 1.54) is 12.8 Å². The highest BCUT2D eigenvalue weighted by atomic mass is 79.9. The Bertz CT molecular complexity index is 1060. The molecule has 9 nitrogen and oxygen atoms in total. The van der Waals surface area contributed by atoms with Crippen LogP contribution in [-0.2, 0) is 0 Å². The van der Waals surface area contributed by atoms with E-state index in [2.05, 4.69) is 57.4 Å². The molecule has 1 fully saturated rings. The average molecular weight is 499 g/mol. The van der Waals surface area contributed by atoms with Gasteiger partial charge in [-0.1, -0.05) is 6.92 Å². The van der Waals surface area contributed by atoms with Gasteiger partial charge in [0.1, 0.15) is 5.82 Å². The number of anilines is 4. The van der Waals surface area contributed by atoms with Crippen LogP contribution in [0.4, 0.5) is 23.3 Å². The van der Waals surface area contributed by atoms with Crippen LogP contribution in [0.1, 0.15) is 48.7 Å². The Labute approximate surface area is 195 Å². The van der Waals surface area contributed by atoms with Crippen molar-refractivity contribution in [2.75, 3.05) is 23.7 Å². The molecule has 0 radical (unpaired) electrons. The number of benzene rings is 1. The van der Waals surface area contributed by atoms with Gasteiger partial charge in [0.05, 0.1) is 10.2 Å². The first-order chi connectivity index (χ1) is 15.5. The van der Waals surface area contributed by atoms with E-state index >= 15 is 0 Å². The van der Waals surface area contributed by atoms with Crippen LogP contribution in [0.2, 0.25) is 0 Å². The highest BCUT2D eigenvalue weighted by Gasteiger charge is 2.26. The molecule has 168 valence electrons. The van der Waals surface area contributed by atoms with Crippen LogP contribution in [-0.4, -0.2) is 45.2 Å². The second-order valence-electron chi connectivity index (χ2n) is 7.88. The van der Waals surface area contributed by atoms with E-state index in [4.69, 9.17) is 0 Å². The number of hydrogen-bond acceptors (Lipinski definition) is 7. The highest BCUT2D eigenvalue weighted by Crippen LogP contribution is 2.39. The molecule has 3 aromatic rings. The number of nitrogens with one attached hydrogen (secondary N) is 5. The van der Waals surface area contributed by atoms with Crippen molar-refractivity contribution in [1.29, 1.82) is 0 Å². The zero-order valence-electron chi connectivity index (χ0n) is 18.1. The molecule has 2 aromatic heterocycles. The molecule has 0 bridgehead atoms. The van der Waals surface area contributed by atoms with Crippen molar-refractivity contribution in [2.45, 2.75) is 38.6 Å². The lowest BCUT2D eigenvalue weighted by molar-refractivity contribution is 0.0940. The van der Waals surface area contributed by atoms with Crippen LogP contribution < -0.4 is 21.3 Å². The summed E-state index contributed by atoms with van der Waals surface area (Å²) in [5.74, 6) is 2.33. The van der Waals surface area contributed by atoms with Crippen molar-refractivity contribution in [1.82, 2.24) is 30.8 Å². The quantitative estimate of drug-likeness (QED) is 0.286. The molecule has 1 atom stereocenters. The molecule has 1 saturated carbocycles. The summed E-state index contributed by atoms with van der Waals surface area (Å²) in [4.78, 5) is 21.3. The maximum atomic E-state index is 12.4. The van der Waals surface area contributed by atoms with Crippen LogP contribution in [0.15, 0.2) is 41.0 Å². The first kappa shape index (κ1) is 22.2. The molecule has 1 amide bonds. The van der Waals surface area contributed by atoms with Crippen LogP contribution in [0.3, 0.4) is 0 Å². The Kier molecular flexibility index (Phi) is 7.01. The summed E-state index contributed by atoms with van der Waals surface area (Å²) in [6, 6.07) is 9.29. The van der Waals surface area contributed by atoms with Gasteiger partial charge >= 0.3 is 0 Å². The lowest BCUT2D eigenvalue weighted by Gasteiger charge is -2.14. The Morgan fingerprint density at radius 3 is 2.75 bits per heavy atom. The number of aromatic amines is 1. The van der Waals surface area contributed by atoms with E-state index in [1.807, 2.05) is 32.0 Å². The topological polar surface area (TPSA) is 120 Å². The largest absolute Gasteiger partial charge is 0.348 e. The van der Waals surface area contributed by atoms with E-state index in [9.17, 15) is 4.79 Å². The zero-order valence-corrected chi connectivity index (χ0v) is 19.7. The Hall–Kier alpha value is -2.98. The molecule has 4 rings (SSSR count). The minimum absolute atomic E-state index is 0.0533. The van der Waals surface area contributed by atoms with Crippen molar-refractivity contribution in [3.8, 4) is 0 Å². The van der Waals surface area contributed by atoms with E-state index < -0.39 is 0 Å². The van der Waals surface area contributed by atoms with E-state index in [0.717, 1.165) is 34.8 Å².